The van der Waals surface area contributed by atoms with E-state index in [0.29, 0.717) is 17.9 Å². The van der Waals surface area contributed by atoms with E-state index < -0.39 is 17.7 Å². The van der Waals surface area contributed by atoms with Crippen LogP contribution in [0, 0.1) is 0 Å². The smallest absolute Gasteiger partial charge is 0.295 e. The van der Waals surface area contributed by atoms with Crippen LogP contribution >= 0.6 is 23.2 Å². The number of benzene rings is 2. The molecule has 174 valence electrons. The molecule has 1 aliphatic heterocycles. The third-order valence-corrected chi connectivity index (χ3v) is 6.87. The molecule has 2 aromatic rings. The van der Waals surface area contributed by atoms with Crippen LogP contribution in [0.2, 0.25) is 10.0 Å². The molecule has 1 saturated heterocycles. The first kappa shape index (κ1) is 23.5. The first-order valence-electron chi connectivity index (χ1n) is 11.0. The summed E-state index contributed by atoms with van der Waals surface area (Å²) in [6.07, 6.45) is 4.54. The van der Waals surface area contributed by atoms with Crippen LogP contribution in [0.4, 0.5) is 0 Å². The molecule has 1 heterocycles. The Hall–Kier alpha value is -2.70. The molecule has 0 aromatic heterocycles. The summed E-state index contributed by atoms with van der Waals surface area (Å²) in [5, 5.41) is 21.5. The number of halogens is 2. The van der Waals surface area contributed by atoms with Crippen molar-refractivity contribution in [3.63, 3.8) is 0 Å². The number of likely N-dealkylation sites (tertiary alicyclic amines) is 1. The molecule has 1 unspecified atom stereocenters. The number of ether oxygens (including phenoxy) is 1. The zero-order valence-electron chi connectivity index (χ0n) is 18.2. The highest BCUT2D eigenvalue weighted by atomic mass is 35.5. The van der Waals surface area contributed by atoms with Crippen LogP contribution in [0.1, 0.15) is 56.2 Å². The van der Waals surface area contributed by atoms with Crippen LogP contribution < -0.4 is 4.74 Å². The molecule has 1 amide bonds. The molecule has 8 heteroatoms. The van der Waals surface area contributed by atoms with E-state index in [0.717, 1.165) is 32.1 Å². The van der Waals surface area contributed by atoms with Gasteiger partial charge in [0.1, 0.15) is 17.3 Å². The highest BCUT2D eigenvalue weighted by Crippen LogP contribution is 2.45. The largest absolute Gasteiger partial charge is 0.507 e. The van der Waals surface area contributed by atoms with E-state index in [9.17, 15) is 19.8 Å². The molecular formula is C25H25Cl2NO5. The Labute approximate surface area is 202 Å². The maximum atomic E-state index is 13.3. The Morgan fingerprint density at radius 1 is 1.06 bits per heavy atom. The Kier molecular flexibility index (Phi) is 6.86. The number of carbonyl (C=O) groups is 2. The molecule has 1 atom stereocenters. The monoisotopic (exact) mass is 489 g/mol. The molecule has 2 aromatic carbocycles. The number of phenols is 1. The van der Waals surface area contributed by atoms with Crippen molar-refractivity contribution >= 4 is 40.7 Å². The van der Waals surface area contributed by atoms with Gasteiger partial charge in [-0.3, -0.25) is 9.59 Å². The van der Waals surface area contributed by atoms with Gasteiger partial charge in [0.2, 0.25) is 0 Å². The average Bonchev–Trinajstić information content (AvgIpc) is 3.08. The van der Waals surface area contributed by atoms with Crippen LogP contribution in [0.3, 0.4) is 0 Å². The van der Waals surface area contributed by atoms with Crippen LogP contribution in [0.15, 0.2) is 42.0 Å². The van der Waals surface area contributed by atoms with Gasteiger partial charge in [0.25, 0.3) is 11.7 Å². The van der Waals surface area contributed by atoms with Crippen molar-refractivity contribution < 1.29 is 24.5 Å². The SMILES string of the molecule is CCOc1ccc(Cl)c(/C(O)=C2\C(=O)C(=O)N(C3CCCCC3)C2c2ccc(O)c(Cl)c2)c1. The van der Waals surface area contributed by atoms with Gasteiger partial charge in [0, 0.05) is 11.6 Å². The molecule has 2 N–H and O–H groups in total. The zero-order chi connectivity index (χ0) is 23.7. The molecule has 0 radical (unpaired) electrons. The summed E-state index contributed by atoms with van der Waals surface area (Å²) >= 11 is 12.5. The van der Waals surface area contributed by atoms with Gasteiger partial charge in [0.15, 0.2) is 0 Å². The number of Topliss-reactive ketones (excluding diaryl/α,β-unsaturated/α-hetero) is 1. The minimum atomic E-state index is -0.849. The van der Waals surface area contributed by atoms with Crippen molar-refractivity contribution in [2.75, 3.05) is 6.61 Å². The fourth-order valence-corrected chi connectivity index (χ4v) is 5.09. The number of phenolic OH excluding ortho intramolecular Hbond substituents is 1. The molecule has 2 aliphatic rings. The molecule has 1 saturated carbocycles. The molecule has 6 nitrogen and oxygen atoms in total. The second kappa shape index (κ2) is 9.65. The summed E-state index contributed by atoms with van der Waals surface area (Å²) in [6.45, 7) is 2.25. The Bertz CT molecular complexity index is 1120. The lowest BCUT2D eigenvalue weighted by Crippen LogP contribution is -2.40. The number of aliphatic hydroxyl groups excluding tert-OH is 1. The highest BCUT2D eigenvalue weighted by molar-refractivity contribution is 6.47. The van der Waals surface area contributed by atoms with Gasteiger partial charge in [-0.2, -0.15) is 0 Å². The fraction of sp³-hybridized carbons (Fsp3) is 0.360. The van der Waals surface area contributed by atoms with E-state index in [-0.39, 0.29) is 38.7 Å². The Morgan fingerprint density at radius 3 is 2.45 bits per heavy atom. The number of hydrogen-bond acceptors (Lipinski definition) is 5. The summed E-state index contributed by atoms with van der Waals surface area (Å²) in [4.78, 5) is 28.1. The van der Waals surface area contributed by atoms with Crippen molar-refractivity contribution in [1.29, 1.82) is 0 Å². The van der Waals surface area contributed by atoms with E-state index in [1.165, 1.54) is 12.1 Å². The van der Waals surface area contributed by atoms with Gasteiger partial charge in [-0.25, -0.2) is 0 Å². The predicted molar refractivity (Wildman–Crippen MR) is 127 cm³/mol. The first-order chi connectivity index (χ1) is 15.8. The first-order valence-corrected chi connectivity index (χ1v) is 11.8. The lowest BCUT2D eigenvalue weighted by atomic mass is 9.91. The van der Waals surface area contributed by atoms with Gasteiger partial charge in [-0.15, -0.1) is 0 Å². The number of ketones is 1. The minimum absolute atomic E-state index is 0.0529. The third kappa shape index (κ3) is 4.42. The zero-order valence-corrected chi connectivity index (χ0v) is 19.7. The number of amides is 1. The summed E-state index contributed by atoms with van der Waals surface area (Å²) in [5.74, 6) is -1.43. The quantitative estimate of drug-likeness (QED) is 0.312. The van der Waals surface area contributed by atoms with E-state index in [1.807, 2.05) is 6.92 Å². The van der Waals surface area contributed by atoms with E-state index >= 15 is 0 Å². The molecule has 4 rings (SSSR count). The van der Waals surface area contributed by atoms with Gasteiger partial charge in [-0.1, -0.05) is 48.5 Å². The van der Waals surface area contributed by atoms with Crippen LogP contribution in [-0.2, 0) is 9.59 Å². The second-order valence-corrected chi connectivity index (χ2v) is 9.10. The lowest BCUT2D eigenvalue weighted by molar-refractivity contribution is -0.141. The minimum Gasteiger partial charge on any atom is -0.507 e. The van der Waals surface area contributed by atoms with Crippen molar-refractivity contribution in [2.24, 2.45) is 0 Å². The van der Waals surface area contributed by atoms with Crippen molar-refractivity contribution in [1.82, 2.24) is 4.90 Å². The summed E-state index contributed by atoms with van der Waals surface area (Å²) in [7, 11) is 0. The number of hydrogen-bond donors (Lipinski definition) is 2. The highest BCUT2D eigenvalue weighted by Gasteiger charge is 2.49. The molecule has 0 bridgehead atoms. The lowest BCUT2D eigenvalue weighted by Gasteiger charge is -2.35. The maximum Gasteiger partial charge on any atom is 0.295 e. The normalized spacial score (nSPS) is 20.9. The van der Waals surface area contributed by atoms with Crippen LogP contribution in [-0.4, -0.2) is 39.5 Å². The summed E-state index contributed by atoms with van der Waals surface area (Å²) < 4.78 is 5.52. The van der Waals surface area contributed by atoms with Gasteiger partial charge in [0.05, 0.1) is 28.3 Å². The number of rotatable bonds is 5. The average molecular weight is 490 g/mol. The van der Waals surface area contributed by atoms with Crippen molar-refractivity contribution in [3.8, 4) is 11.5 Å². The van der Waals surface area contributed by atoms with E-state index in [4.69, 9.17) is 27.9 Å². The van der Waals surface area contributed by atoms with E-state index in [2.05, 4.69) is 0 Å². The summed E-state index contributed by atoms with van der Waals surface area (Å²) in [6, 6.07) is 8.36. The molecule has 0 spiro atoms. The van der Waals surface area contributed by atoms with Crippen LogP contribution in [0.25, 0.3) is 5.76 Å². The number of nitrogens with zero attached hydrogens (tertiary/aromatic N) is 1. The number of aromatic hydroxyl groups is 1. The fourth-order valence-electron chi connectivity index (χ4n) is 4.69. The van der Waals surface area contributed by atoms with Crippen LogP contribution in [0.5, 0.6) is 11.5 Å². The van der Waals surface area contributed by atoms with Crippen molar-refractivity contribution in [2.45, 2.75) is 51.1 Å². The van der Waals surface area contributed by atoms with Gasteiger partial charge >= 0.3 is 0 Å². The Morgan fingerprint density at radius 2 is 1.79 bits per heavy atom. The van der Waals surface area contributed by atoms with Gasteiger partial charge < -0.3 is 19.8 Å². The van der Waals surface area contributed by atoms with Gasteiger partial charge in [-0.05, 0) is 55.7 Å². The molecule has 2 fully saturated rings. The third-order valence-electron chi connectivity index (χ3n) is 6.24. The number of carbonyl (C=O) groups excluding carboxylic acids is 2. The standard InChI is InChI=1S/C25H25Cl2NO5/c1-2-33-16-9-10-18(26)17(13-16)23(30)21-22(14-8-11-20(29)19(27)12-14)28(25(32)24(21)31)15-6-4-3-5-7-15/h8-13,15,22,29-30H,2-7H2,1H3/b23-21+. The van der Waals surface area contributed by atoms with E-state index in [1.54, 1.807) is 29.2 Å². The van der Waals surface area contributed by atoms with Crippen molar-refractivity contribution in [3.05, 3.63) is 63.1 Å². The topological polar surface area (TPSA) is 87.1 Å². The number of aliphatic hydroxyl groups is 1. The Balaban J connectivity index is 1.91. The maximum absolute atomic E-state index is 13.3. The molecular weight excluding hydrogens is 465 g/mol. The second-order valence-electron chi connectivity index (χ2n) is 8.28. The summed E-state index contributed by atoms with van der Waals surface area (Å²) in [5.41, 5.74) is 0.684. The molecule has 1 aliphatic carbocycles. The molecule has 33 heavy (non-hydrogen) atoms. The predicted octanol–water partition coefficient (Wildman–Crippen LogP) is 5.85.